The Morgan fingerprint density at radius 3 is 2.29 bits per heavy atom. The van der Waals surface area contributed by atoms with Gasteiger partial charge in [-0.2, -0.15) is 4.31 Å². The largest absolute Gasteiger partial charge is 0.325 e. The highest BCUT2D eigenvalue weighted by Crippen LogP contribution is 2.27. The van der Waals surface area contributed by atoms with Gasteiger partial charge in [0.1, 0.15) is 0 Å². The van der Waals surface area contributed by atoms with Crippen molar-refractivity contribution < 1.29 is 13.2 Å². The minimum absolute atomic E-state index is 0.0459. The molecule has 1 heterocycles. The Kier molecular flexibility index (Phi) is 7.51. The molecule has 1 N–H and O–H groups in total. The maximum absolute atomic E-state index is 13.4. The lowest BCUT2D eigenvalue weighted by Crippen LogP contribution is -2.51. The monoisotopic (exact) mass is 443 g/mol. The summed E-state index contributed by atoms with van der Waals surface area (Å²) in [5.41, 5.74) is 2.87. The van der Waals surface area contributed by atoms with Gasteiger partial charge in [-0.05, 0) is 70.4 Å². The van der Waals surface area contributed by atoms with E-state index in [1.807, 2.05) is 58.0 Å². The van der Waals surface area contributed by atoms with Crippen molar-refractivity contribution in [3.8, 4) is 0 Å². The summed E-state index contributed by atoms with van der Waals surface area (Å²) in [6.07, 6.45) is 1.42. The lowest BCUT2D eigenvalue weighted by molar-refractivity contribution is -0.117. The molecule has 0 radical (unpaired) electrons. The summed E-state index contributed by atoms with van der Waals surface area (Å²) in [7, 11) is -3.57. The Morgan fingerprint density at radius 2 is 1.71 bits per heavy atom. The molecule has 0 aromatic heterocycles. The second kappa shape index (κ2) is 9.94. The van der Waals surface area contributed by atoms with Crippen LogP contribution in [0, 0.1) is 13.8 Å². The number of benzene rings is 2. The summed E-state index contributed by atoms with van der Waals surface area (Å²) in [4.78, 5) is 14.8. The highest BCUT2D eigenvalue weighted by atomic mass is 32.2. The van der Waals surface area contributed by atoms with E-state index in [0.29, 0.717) is 37.4 Å². The number of likely N-dealkylation sites (tertiary alicyclic amines) is 1. The van der Waals surface area contributed by atoms with Crippen molar-refractivity contribution in [3.05, 3.63) is 59.7 Å². The number of rotatable bonds is 7. The smallest absolute Gasteiger partial charge is 0.243 e. The van der Waals surface area contributed by atoms with E-state index < -0.39 is 10.0 Å². The summed E-state index contributed by atoms with van der Waals surface area (Å²) >= 11 is 0. The molecule has 6 nitrogen and oxygen atoms in total. The maximum Gasteiger partial charge on any atom is 0.243 e. The van der Waals surface area contributed by atoms with Crippen LogP contribution < -0.4 is 5.32 Å². The molecule has 1 fully saturated rings. The second-order valence-electron chi connectivity index (χ2n) is 8.67. The fraction of sp³-hybridized carbons (Fsp3) is 0.458. The molecule has 1 saturated heterocycles. The van der Waals surface area contributed by atoms with E-state index in [1.165, 1.54) is 0 Å². The van der Waals surface area contributed by atoms with Gasteiger partial charge in [0.25, 0.3) is 0 Å². The lowest BCUT2D eigenvalue weighted by Gasteiger charge is -2.39. The molecule has 1 aliphatic heterocycles. The van der Waals surface area contributed by atoms with Crippen molar-refractivity contribution in [2.75, 3.05) is 25.0 Å². The molecule has 0 spiro atoms. The molecule has 1 amide bonds. The number of anilines is 1. The Morgan fingerprint density at radius 1 is 1.06 bits per heavy atom. The average molecular weight is 444 g/mol. The van der Waals surface area contributed by atoms with E-state index in [1.54, 1.807) is 22.5 Å². The Balaban J connectivity index is 1.61. The molecule has 0 bridgehead atoms. The highest BCUT2D eigenvalue weighted by molar-refractivity contribution is 7.89. The molecule has 0 unspecified atom stereocenters. The standard InChI is InChI=1S/C24H33N3O3S/c1-18(2)27(31(29,30)23-7-5-6-20(4)16-23)22-12-14-26(15-13-22)17-24(28)25-21-10-8-19(3)9-11-21/h5-11,16,18,22H,12-15,17H2,1-4H3,(H,25,28). The van der Waals surface area contributed by atoms with E-state index in [-0.39, 0.29) is 18.0 Å². The molecule has 31 heavy (non-hydrogen) atoms. The van der Waals surface area contributed by atoms with Crippen LogP contribution in [0.4, 0.5) is 5.69 Å². The zero-order valence-corrected chi connectivity index (χ0v) is 19.7. The Hall–Kier alpha value is -2.22. The number of nitrogens with zero attached hydrogens (tertiary/aromatic N) is 2. The third-order valence-electron chi connectivity index (χ3n) is 5.69. The van der Waals surface area contributed by atoms with Gasteiger partial charge in [0.2, 0.25) is 15.9 Å². The molecule has 7 heteroatoms. The van der Waals surface area contributed by atoms with Gasteiger partial charge in [0.05, 0.1) is 11.4 Å². The molecular formula is C24H33N3O3S. The van der Waals surface area contributed by atoms with Crippen LogP contribution in [0.15, 0.2) is 53.4 Å². The predicted octanol–water partition coefficient (Wildman–Crippen LogP) is 3.81. The van der Waals surface area contributed by atoms with Crippen molar-refractivity contribution in [1.29, 1.82) is 0 Å². The van der Waals surface area contributed by atoms with Gasteiger partial charge < -0.3 is 5.32 Å². The van der Waals surface area contributed by atoms with Gasteiger partial charge in [-0.25, -0.2) is 8.42 Å². The zero-order valence-electron chi connectivity index (χ0n) is 18.8. The molecule has 3 rings (SSSR count). The van der Waals surface area contributed by atoms with Crippen LogP contribution in [-0.4, -0.2) is 55.2 Å². The first-order valence-corrected chi connectivity index (χ1v) is 12.3. The maximum atomic E-state index is 13.4. The summed E-state index contributed by atoms with van der Waals surface area (Å²) in [6, 6.07) is 14.6. The fourth-order valence-electron chi connectivity index (χ4n) is 4.17. The molecular weight excluding hydrogens is 410 g/mol. The van der Waals surface area contributed by atoms with Gasteiger partial charge in [0.15, 0.2) is 0 Å². The number of hydrogen-bond acceptors (Lipinski definition) is 4. The van der Waals surface area contributed by atoms with Crippen LogP contribution in [0.1, 0.15) is 37.8 Å². The van der Waals surface area contributed by atoms with Gasteiger partial charge in [-0.3, -0.25) is 9.69 Å². The molecule has 168 valence electrons. The number of amides is 1. The number of nitrogens with one attached hydrogen (secondary N) is 1. The van der Waals surface area contributed by atoms with Gasteiger partial charge in [0, 0.05) is 30.9 Å². The predicted molar refractivity (Wildman–Crippen MR) is 125 cm³/mol. The summed E-state index contributed by atoms with van der Waals surface area (Å²) < 4.78 is 28.4. The summed E-state index contributed by atoms with van der Waals surface area (Å²) in [5.74, 6) is -0.0459. The fourth-order valence-corrected chi connectivity index (χ4v) is 6.15. The summed E-state index contributed by atoms with van der Waals surface area (Å²) in [5, 5.41) is 2.93. The van der Waals surface area contributed by atoms with Crippen molar-refractivity contribution in [3.63, 3.8) is 0 Å². The molecule has 1 aliphatic rings. The highest BCUT2D eigenvalue weighted by Gasteiger charge is 2.35. The number of sulfonamides is 1. The van der Waals surface area contributed by atoms with Gasteiger partial charge in [-0.1, -0.05) is 29.8 Å². The van der Waals surface area contributed by atoms with Crippen molar-refractivity contribution in [1.82, 2.24) is 9.21 Å². The molecule has 0 saturated carbocycles. The topological polar surface area (TPSA) is 69.7 Å². The number of aryl methyl sites for hydroxylation is 2. The lowest BCUT2D eigenvalue weighted by atomic mass is 10.0. The molecule has 2 aromatic rings. The number of piperidine rings is 1. The minimum Gasteiger partial charge on any atom is -0.325 e. The first kappa shape index (κ1) is 23.4. The van der Waals surface area contributed by atoms with Gasteiger partial charge >= 0.3 is 0 Å². The average Bonchev–Trinajstić information content (AvgIpc) is 2.71. The molecule has 0 aliphatic carbocycles. The molecule has 2 aromatic carbocycles. The van der Waals surface area contributed by atoms with Crippen LogP contribution in [-0.2, 0) is 14.8 Å². The number of hydrogen-bond donors (Lipinski definition) is 1. The van der Waals surface area contributed by atoms with Crippen LogP contribution >= 0.6 is 0 Å². The van der Waals surface area contributed by atoms with E-state index in [0.717, 1.165) is 16.8 Å². The zero-order chi connectivity index (χ0) is 22.6. The van der Waals surface area contributed by atoms with Crippen LogP contribution in [0.25, 0.3) is 0 Å². The Labute approximate surface area is 186 Å². The van der Waals surface area contributed by atoms with Crippen molar-refractivity contribution in [2.45, 2.75) is 57.5 Å². The van der Waals surface area contributed by atoms with Crippen LogP contribution in [0.5, 0.6) is 0 Å². The quantitative estimate of drug-likeness (QED) is 0.707. The second-order valence-corrected chi connectivity index (χ2v) is 10.5. The van der Waals surface area contributed by atoms with E-state index >= 15 is 0 Å². The Bertz CT molecular complexity index is 995. The van der Waals surface area contributed by atoms with E-state index in [4.69, 9.17) is 0 Å². The third-order valence-corrected chi connectivity index (χ3v) is 7.82. The first-order valence-electron chi connectivity index (χ1n) is 10.9. The third kappa shape index (κ3) is 5.93. The minimum atomic E-state index is -3.57. The van der Waals surface area contributed by atoms with Crippen LogP contribution in [0.3, 0.4) is 0 Å². The van der Waals surface area contributed by atoms with E-state index in [9.17, 15) is 13.2 Å². The van der Waals surface area contributed by atoms with Gasteiger partial charge in [-0.15, -0.1) is 0 Å². The van der Waals surface area contributed by atoms with E-state index in [2.05, 4.69) is 10.2 Å². The van der Waals surface area contributed by atoms with Crippen molar-refractivity contribution in [2.24, 2.45) is 0 Å². The molecule has 0 atom stereocenters. The first-order chi connectivity index (χ1) is 14.7. The number of carbonyl (C=O) groups is 1. The summed E-state index contributed by atoms with van der Waals surface area (Å²) in [6.45, 7) is 9.46. The van der Waals surface area contributed by atoms with Crippen molar-refractivity contribution >= 4 is 21.6 Å². The SMILES string of the molecule is Cc1ccc(NC(=O)CN2CCC(N(C(C)C)S(=O)(=O)c3cccc(C)c3)CC2)cc1. The number of carbonyl (C=O) groups excluding carboxylic acids is 1. The normalized spacial score (nSPS) is 16.1. The van der Waals surface area contributed by atoms with Crippen LogP contribution in [0.2, 0.25) is 0 Å².